The van der Waals surface area contributed by atoms with E-state index in [2.05, 4.69) is 49.4 Å². The van der Waals surface area contributed by atoms with Crippen molar-refractivity contribution < 1.29 is 4.74 Å². The van der Waals surface area contributed by atoms with Crippen molar-refractivity contribution in [2.45, 2.75) is 27.2 Å². The monoisotopic (exact) mass is 293 g/mol. The molecule has 2 aromatic rings. The first-order valence-electron chi connectivity index (χ1n) is 7.77. The highest BCUT2D eigenvalue weighted by Crippen LogP contribution is 2.26. The molecule has 0 radical (unpaired) electrons. The number of hydrogen-bond donors (Lipinski definition) is 0. The molecule has 1 aliphatic carbocycles. The van der Waals surface area contributed by atoms with Gasteiger partial charge >= 0.3 is 0 Å². The maximum atomic E-state index is 5.29. The molecule has 0 N–H and O–H groups in total. The lowest BCUT2D eigenvalue weighted by Crippen LogP contribution is -1.92. The molecule has 2 heteroatoms. The van der Waals surface area contributed by atoms with E-state index in [1.165, 1.54) is 16.5 Å². The molecule has 1 aromatic carbocycles. The Kier molecular flexibility index (Phi) is 5.54. The second kappa shape index (κ2) is 7.60. The lowest BCUT2D eigenvalue weighted by Gasteiger charge is -2.08. The summed E-state index contributed by atoms with van der Waals surface area (Å²) in [6, 6.07) is 8.19. The molecule has 1 heterocycles. The van der Waals surface area contributed by atoms with E-state index in [9.17, 15) is 0 Å². The largest absolute Gasteiger partial charge is 0.497 e. The number of hydrogen-bond acceptors (Lipinski definition) is 2. The van der Waals surface area contributed by atoms with E-state index in [1.807, 2.05) is 26.0 Å². The fourth-order valence-electron chi connectivity index (χ4n) is 2.43. The minimum Gasteiger partial charge on any atom is -0.497 e. The first kappa shape index (κ1) is 16.0. The van der Waals surface area contributed by atoms with Crippen molar-refractivity contribution in [2.24, 2.45) is 0 Å². The van der Waals surface area contributed by atoms with Crippen LogP contribution in [0.1, 0.15) is 31.5 Å². The number of ether oxygens (including phenoxy) is 1. The summed E-state index contributed by atoms with van der Waals surface area (Å²) in [6.07, 6.45) is 11.5. The fourth-order valence-corrected chi connectivity index (χ4v) is 2.43. The highest BCUT2D eigenvalue weighted by molar-refractivity contribution is 5.86. The number of allylic oxidation sites excluding steroid dienone is 6. The standard InChI is InChI=1S/C18H17NO.C2H6/c1-13-11-17(14-7-5-3-4-6-8-14)19-18-12-15(20-2)9-10-16(13)18;1-2/h3-5,7-12H,6H2,1-2H3;1-2H3. The Hall–Kier alpha value is -2.35. The summed E-state index contributed by atoms with van der Waals surface area (Å²) in [5.41, 5.74) is 4.40. The second-order valence-corrected chi connectivity index (χ2v) is 4.89. The molecule has 1 aliphatic rings. The zero-order valence-corrected chi connectivity index (χ0v) is 13.8. The van der Waals surface area contributed by atoms with E-state index in [4.69, 9.17) is 9.72 Å². The third-order valence-corrected chi connectivity index (χ3v) is 3.52. The van der Waals surface area contributed by atoms with Crippen LogP contribution in [0.5, 0.6) is 5.75 Å². The highest BCUT2D eigenvalue weighted by Gasteiger charge is 2.07. The molecule has 0 saturated carbocycles. The van der Waals surface area contributed by atoms with Crippen molar-refractivity contribution in [3.05, 3.63) is 65.9 Å². The van der Waals surface area contributed by atoms with Crippen LogP contribution in [-0.2, 0) is 0 Å². The molecule has 3 rings (SSSR count). The Morgan fingerprint density at radius 1 is 1.09 bits per heavy atom. The Morgan fingerprint density at radius 3 is 2.68 bits per heavy atom. The van der Waals surface area contributed by atoms with Crippen LogP contribution in [0.25, 0.3) is 16.5 Å². The van der Waals surface area contributed by atoms with Crippen molar-refractivity contribution in [3.8, 4) is 5.75 Å². The minimum absolute atomic E-state index is 0.841. The third-order valence-electron chi connectivity index (χ3n) is 3.52. The first-order valence-corrected chi connectivity index (χ1v) is 7.77. The van der Waals surface area contributed by atoms with Gasteiger partial charge in [-0.2, -0.15) is 0 Å². The number of pyridine rings is 1. The van der Waals surface area contributed by atoms with Crippen LogP contribution in [-0.4, -0.2) is 12.1 Å². The van der Waals surface area contributed by atoms with Crippen molar-refractivity contribution in [3.63, 3.8) is 0 Å². The first-order chi connectivity index (χ1) is 10.8. The summed E-state index contributed by atoms with van der Waals surface area (Å²) in [5.74, 6) is 0.841. The topological polar surface area (TPSA) is 22.1 Å². The molecule has 114 valence electrons. The molecule has 0 bridgehead atoms. The highest BCUT2D eigenvalue weighted by atomic mass is 16.5. The summed E-state index contributed by atoms with van der Waals surface area (Å²) in [4.78, 5) is 4.78. The Labute approximate surface area is 132 Å². The lowest BCUT2D eigenvalue weighted by molar-refractivity contribution is 0.415. The average molecular weight is 293 g/mol. The number of rotatable bonds is 2. The molecular formula is C20H23NO. The van der Waals surface area contributed by atoms with Gasteiger partial charge in [-0.25, -0.2) is 4.98 Å². The van der Waals surface area contributed by atoms with Gasteiger partial charge in [0, 0.05) is 11.5 Å². The summed E-state index contributed by atoms with van der Waals surface area (Å²) in [6.45, 7) is 6.12. The maximum absolute atomic E-state index is 5.29. The number of methoxy groups -OCH3 is 1. The van der Waals surface area contributed by atoms with Gasteiger partial charge < -0.3 is 4.74 Å². The third kappa shape index (κ3) is 3.45. The maximum Gasteiger partial charge on any atom is 0.121 e. The minimum atomic E-state index is 0.841. The van der Waals surface area contributed by atoms with E-state index in [0.717, 1.165) is 23.4 Å². The summed E-state index contributed by atoms with van der Waals surface area (Å²) >= 11 is 0. The van der Waals surface area contributed by atoms with E-state index in [1.54, 1.807) is 7.11 Å². The Bertz CT molecular complexity index is 739. The lowest BCUT2D eigenvalue weighted by atomic mass is 10.0. The van der Waals surface area contributed by atoms with Crippen LogP contribution >= 0.6 is 0 Å². The molecule has 0 unspecified atom stereocenters. The molecule has 0 saturated heterocycles. The van der Waals surface area contributed by atoms with Gasteiger partial charge in [0.2, 0.25) is 0 Å². The SMILES string of the molecule is CC.COc1ccc2c(C)cc(C3=CCC=CC=C3)nc2c1. The molecule has 22 heavy (non-hydrogen) atoms. The molecule has 0 amide bonds. The van der Waals surface area contributed by atoms with Crippen molar-refractivity contribution in [1.29, 1.82) is 0 Å². The van der Waals surface area contributed by atoms with Gasteiger partial charge in [-0.15, -0.1) is 0 Å². The van der Waals surface area contributed by atoms with Crippen molar-refractivity contribution in [1.82, 2.24) is 4.98 Å². The van der Waals surface area contributed by atoms with Gasteiger partial charge in [0.05, 0.1) is 18.3 Å². The molecule has 2 nitrogen and oxygen atoms in total. The van der Waals surface area contributed by atoms with Crippen LogP contribution in [0.3, 0.4) is 0 Å². The van der Waals surface area contributed by atoms with Crippen LogP contribution in [0, 0.1) is 6.92 Å². The number of benzene rings is 1. The normalized spacial score (nSPS) is 13.2. The smallest absolute Gasteiger partial charge is 0.121 e. The molecule has 0 fully saturated rings. The number of aryl methyl sites for hydroxylation is 1. The zero-order valence-electron chi connectivity index (χ0n) is 13.8. The van der Waals surface area contributed by atoms with Crippen LogP contribution < -0.4 is 4.74 Å². The molecular weight excluding hydrogens is 270 g/mol. The quantitative estimate of drug-likeness (QED) is 0.731. The number of fused-ring (bicyclic) bond motifs is 1. The second-order valence-electron chi connectivity index (χ2n) is 4.89. The molecule has 0 aliphatic heterocycles. The van der Waals surface area contributed by atoms with Gasteiger partial charge in [0.25, 0.3) is 0 Å². The Balaban J connectivity index is 0.000000847. The van der Waals surface area contributed by atoms with Crippen LogP contribution in [0.15, 0.2) is 54.6 Å². The van der Waals surface area contributed by atoms with E-state index >= 15 is 0 Å². The fraction of sp³-hybridized carbons (Fsp3) is 0.250. The summed E-state index contributed by atoms with van der Waals surface area (Å²) < 4.78 is 5.29. The van der Waals surface area contributed by atoms with Crippen LogP contribution in [0.2, 0.25) is 0 Å². The average Bonchev–Trinajstić information content (AvgIpc) is 2.85. The number of aromatic nitrogens is 1. The van der Waals surface area contributed by atoms with Crippen LogP contribution in [0.4, 0.5) is 0 Å². The number of nitrogens with zero attached hydrogens (tertiary/aromatic N) is 1. The predicted octanol–water partition coefficient (Wildman–Crippen LogP) is 5.48. The van der Waals surface area contributed by atoms with E-state index in [-0.39, 0.29) is 0 Å². The Morgan fingerprint density at radius 2 is 1.91 bits per heavy atom. The summed E-state index contributed by atoms with van der Waals surface area (Å²) in [5, 5.41) is 1.17. The predicted molar refractivity (Wildman–Crippen MR) is 95.3 cm³/mol. The van der Waals surface area contributed by atoms with Gasteiger partial charge in [0.15, 0.2) is 0 Å². The van der Waals surface area contributed by atoms with Gasteiger partial charge in [-0.05, 0) is 42.7 Å². The van der Waals surface area contributed by atoms with E-state index in [0.29, 0.717) is 0 Å². The van der Waals surface area contributed by atoms with Gasteiger partial charge in [-0.1, -0.05) is 44.2 Å². The summed E-state index contributed by atoms with van der Waals surface area (Å²) in [7, 11) is 1.68. The van der Waals surface area contributed by atoms with Gasteiger partial charge in [0.1, 0.15) is 5.75 Å². The van der Waals surface area contributed by atoms with Gasteiger partial charge in [-0.3, -0.25) is 0 Å². The molecule has 0 atom stereocenters. The molecule has 0 spiro atoms. The molecule has 1 aromatic heterocycles. The van der Waals surface area contributed by atoms with Crippen molar-refractivity contribution in [2.75, 3.05) is 7.11 Å². The van der Waals surface area contributed by atoms with E-state index < -0.39 is 0 Å². The zero-order chi connectivity index (χ0) is 15.9. The van der Waals surface area contributed by atoms with Crippen molar-refractivity contribution >= 4 is 16.5 Å².